The average Bonchev–Trinajstić information content (AvgIpc) is 3.45. The molecule has 1 aliphatic rings. The summed E-state index contributed by atoms with van der Waals surface area (Å²) in [5.74, 6) is 0.227. The van der Waals surface area contributed by atoms with Crippen molar-refractivity contribution in [1.82, 2.24) is 20.4 Å². The maximum atomic E-state index is 13.7. The lowest BCUT2D eigenvalue weighted by molar-refractivity contribution is -0.128. The zero-order valence-corrected chi connectivity index (χ0v) is 19.4. The third kappa shape index (κ3) is 5.42. The first kappa shape index (κ1) is 23.0. The van der Waals surface area contributed by atoms with E-state index in [1.807, 2.05) is 19.1 Å². The van der Waals surface area contributed by atoms with Crippen molar-refractivity contribution in [1.29, 1.82) is 0 Å². The van der Waals surface area contributed by atoms with Crippen LogP contribution in [0.2, 0.25) is 0 Å². The highest BCUT2D eigenvalue weighted by Crippen LogP contribution is 2.27. The first-order valence-corrected chi connectivity index (χ1v) is 11.3. The summed E-state index contributed by atoms with van der Waals surface area (Å²) in [7, 11) is 2.81. The van der Waals surface area contributed by atoms with Gasteiger partial charge in [0.1, 0.15) is 11.1 Å². The van der Waals surface area contributed by atoms with Crippen LogP contribution in [0.25, 0.3) is 0 Å². The second-order valence-electron chi connectivity index (χ2n) is 7.76. The molecule has 0 aliphatic carbocycles. The Morgan fingerprint density at radius 2 is 2.09 bits per heavy atom. The monoisotopic (exact) mass is 472 g/mol. The normalized spacial score (nSPS) is 16.6. The molecular weight excluding hydrogens is 447 g/mol. The van der Waals surface area contributed by atoms with Crippen LogP contribution in [0.1, 0.15) is 28.8 Å². The van der Waals surface area contributed by atoms with Gasteiger partial charge in [0, 0.05) is 26.2 Å². The number of aromatic nitrogens is 4. The number of nitrogens with one attached hydrogen (secondary N) is 1. The van der Waals surface area contributed by atoms with Crippen LogP contribution in [-0.2, 0) is 16.0 Å². The van der Waals surface area contributed by atoms with Gasteiger partial charge in [0.25, 0.3) is 0 Å². The molecule has 2 aromatic heterocycles. The van der Waals surface area contributed by atoms with E-state index in [1.165, 1.54) is 43.8 Å². The Kier molecular flexibility index (Phi) is 7.09. The molecule has 1 saturated heterocycles. The maximum absolute atomic E-state index is 13.7. The van der Waals surface area contributed by atoms with Gasteiger partial charge < -0.3 is 19.7 Å². The van der Waals surface area contributed by atoms with Crippen molar-refractivity contribution in [2.24, 2.45) is 0 Å². The van der Waals surface area contributed by atoms with Crippen LogP contribution >= 0.6 is 11.3 Å². The van der Waals surface area contributed by atoms with Gasteiger partial charge in [-0.05, 0) is 43.2 Å². The van der Waals surface area contributed by atoms with Crippen LogP contribution in [-0.4, -0.2) is 59.5 Å². The number of methoxy groups -OCH3 is 2. The standard InChI is InChI=1S/C22H25FN6O3S/c1-13-4-7-19(26-25-13)29-9-8-15(12-29)24-22-28-27-20(33-22)11-17(30)21(32-3)14-5-6-16(23)18(10-14)31-2/h4-7,10,15,21H,8-9,11-12H2,1-3H3,(H,24,28)/t15-,21+/m1/s1. The predicted molar refractivity (Wildman–Crippen MR) is 122 cm³/mol. The molecular formula is C22H25FN6O3S. The van der Waals surface area contributed by atoms with Crippen molar-refractivity contribution in [3.8, 4) is 5.75 Å². The molecule has 1 N–H and O–H groups in total. The molecule has 174 valence electrons. The first-order chi connectivity index (χ1) is 16.0. The summed E-state index contributed by atoms with van der Waals surface area (Å²) in [6.07, 6.45) is 0.147. The van der Waals surface area contributed by atoms with Crippen molar-refractivity contribution in [3.63, 3.8) is 0 Å². The molecule has 0 spiro atoms. The average molecular weight is 473 g/mol. The number of carbonyl (C=O) groups is 1. The van der Waals surface area contributed by atoms with Gasteiger partial charge >= 0.3 is 0 Å². The highest BCUT2D eigenvalue weighted by Gasteiger charge is 2.26. The third-order valence-corrected chi connectivity index (χ3v) is 6.28. The van der Waals surface area contributed by atoms with Gasteiger partial charge in [-0.2, -0.15) is 5.10 Å². The van der Waals surface area contributed by atoms with Crippen molar-refractivity contribution >= 4 is 28.1 Å². The van der Waals surface area contributed by atoms with E-state index < -0.39 is 11.9 Å². The molecule has 0 amide bonds. The van der Waals surface area contributed by atoms with E-state index in [9.17, 15) is 9.18 Å². The molecule has 33 heavy (non-hydrogen) atoms. The van der Waals surface area contributed by atoms with E-state index >= 15 is 0 Å². The van der Waals surface area contributed by atoms with E-state index in [0.29, 0.717) is 15.7 Å². The Morgan fingerprint density at radius 3 is 2.82 bits per heavy atom. The summed E-state index contributed by atoms with van der Waals surface area (Å²) in [4.78, 5) is 15.0. The first-order valence-electron chi connectivity index (χ1n) is 10.5. The molecule has 1 fully saturated rings. The molecule has 3 heterocycles. The number of ether oxygens (including phenoxy) is 2. The van der Waals surface area contributed by atoms with Gasteiger partial charge in [-0.25, -0.2) is 4.39 Å². The molecule has 1 aromatic carbocycles. The lowest BCUT2D eigenvalue weighted by Gasteiger charge is -2.17. The van der Waals surface area contributed by atoms with Crippen LogP contribution in [0.4, 0.5) is 15.3 Å². The fraction of sp³-hybridized carbons (Fsp3) is 0.409. The van der Waals surface area contributed by atoms with Crippen LogP contribution in [0.5, 0.6) is 5.75 Å². The zero-order valence-electron chi connectivity index (χ0n) is 18.6. The van der Waals surface area contributed by atoms with Crippen LogP contribution < -0.4 is 15.0 Å². The maximum Gasteiger partial charge on any atom is 0.205 e. The van der Waals surface area contributed by atoms with Crippen molar-refractivity contribution in [2.45, 2.75) is 31.9 Å². The van der Waals surface area contributed by atoms with E-state index in [0.717, 1.165) is 31.0 Å². The summed E-state index contributed by atoms with van der Waals surface area (Å²) in [6, 6.07) is 8.37. The van der Waals surface area contributed by atoms with Crippen LogP contribution in [0.15, 0.2) is 30.3 Å². The number of Topliss-reactive ketones (excluding diaryl/α,β-unsaturated/α-hetero) is 1. The Morgan fingerprint density at radius 1 is 1.24 bits per heavy atom. The second kappa shape index (κ2) is 10.2. The van der Waals surface area contributed by atoms with Crippen LogP contribution in [0.3, 0.4) is 0 Å². The number of rotatable bonds is 9. The van der Waals surface area contributed by atoms with E-state index in [1.54, 1.807) is 0 Å². The molecule has 2 atom stereocenters. The second-order valence-corrected chi connectivity index (χ2v) is 8.82. The smallest absolute Gasteiger partial charge is 0.205 e. The number of benzene rings is 1. The van der Waals surface area contributed by atoms with Gasteiger partial charge in [0.05, 0.1) is 19.2 Å². The topological polar surface area (TPSA) is 102 Å². The fourth-order valence-electron chi connectivity index (χ4n) is 3.74. The minimum absolute atomic E-state index is 0.0620. The van der Waals surface area contributed by atoms with E-state index in [4.69, 9.17) is 9.47 Å². The lowest BCUT2D eigenvalue weighted by Crippen LogP contribution is -2.26. The van der Waals surface area contributed by atoms with Gasteiger partial charge in [-0.1, -0.05) is 17.4 Å². The molecule has 0 saturated carbocycles. The van der Waals surface area contributed by atoms with Crippen molar-refractivity contribution in [3.05, 3.63) is 52.4 Å². The molecule has 9 nitrogen and oxygen atoms in total. The lowest BCUT2D eigenvalue weighted by atomic mass is 10.0. The number of hydrogen-bond acceptors (Lipinski definition) is 10. The molecule has 0 radical (unpaired) electrons. The molecule has 1 aliphatic heterocycles. The van der Waals surface area contributed by atoms with E-state index in [-0.39, 0.29) is 24.0 Å². The molecule has 4 rings (SSSR count). The highest BCUT2D eigenvalue weighted by molar-refractivity contribution is 7.15. The van der Waals surface area contributed by atoms with Gasteiger partial charge in [-0.15, -0.1) is 15.3 Å². The number of halogens is 1. The number of aryl methyl sites for hydroxylation is 1. The summed E-state index contributed by atoms with van der Waals surface area (Å²) in [5.41, 5.74) is 1.41. The minimum atomic E-state index is -0.848. The summed E-state index contributed by atoms with van der Waals surface area (Å²) >= 11 is 1.34. The molecule has 0 unspecified atom stereocenters. The Balaban J connectivity index is 1.35. The molecule has 3 aromatic rings. The quantitative estimate of drug-likeness (QED) is 0.503. The highest BCUT2D eigenvalue weighted by atomic mass is 32.1. The number of anilines is 2. The Bertz CT molecular complexity index is 1110. The third-order valence-electron chi connectivity index (χ3n) is 5.42. The largest absolute Gasteiger partial charge is 0.494 e. The molecule has 11 heteroatoms. The molecule has 0 bridgehead atoms. The number of ketones is 1. The fourth-order valence-corrected chi connectivity index (χ4v) is 4.57. The van der Waals surface area contributed by atoms with Gasteiger partial charge in [0.15, 0.2) is 23.2 Å². The van der Waals surface area contributed by atoms with Crippen LogP contribution in [0, 0.1) is 12.7 Å². The summed E-state index contributed by atoms with van der Waals surface area (Å²) < 4.78 is 24.1. The minimum Gasteiger partial charge on any atom is -0.494 e. The summed E-state index contributed by atoms with van der Waals surface area (Å²) in [6.45, 7) is 3.56. The SMILES string of the molecule is COc1cc([C@H](OC)C(=O)Cc2nnc(N[C@@H]3CCN(c4ccc(C)nn4)C3)s2)ccc1F. The Hall–Kier alpha value is -3.18. The van der Waals surface area contributed by atoms with Gasteiger partial charge in [-0.3, -0.25) is 4.79 Å². The van der Waals surface area contributed by atoms with Crippen molar-refractivity contribution in [2.75, 3.05) is 37.5 Å². The number of nitrogens with zero attached hydrogens (tertiary/aromatic N) is 5. The zero-order chi connectivity index (χ0) is 23.4. The number of hydrogen-bond donors (Lipinski definition) is 1. The van der Waals surface area contributed by atoms with E-state index in [2.05, 4.69) is 30.6 Å². The van der Waals surface area contributed by atoms with Gasteiger partial charge in [0.2, 0.25) is 5.13 Å². The van der Waals surface area contributed by atoms with Crippen molar-refractivity contribution < 1.29 is 18.7 Å². The summed E-state index contributed by atoms with van der Waals surface area (Å²) in [5, 5.41) is 21.4. The predicted octanol–water partition coefficient (Wildman–Crippen LogP) is 2.97. The number of carbonyl (C=O) groups excluding carboxylic acids is 1. The Labute approximate surface area is 195 Å².